The van der Waals surface area contributed by atoms with Crippen molar-refractivity contribution in [2.45, 2.75) is 32.2 Å². The molecule has 1 saturated carbocycles. The van der Waals surface area contributed by atoms with E-state index in [1.165, 1.54) is 0 Å². The molecule has 1 aromatic heterocycles. The molecule has 0 bridgehead atoms. The second-order valence-electron chi connectivity index (χ2n) is 5.36. The molecule has 1 N–H and O–H groups in total. The Morgan fingerprint density at radius 3 is 2.86 bits per heavy atom. The van der Waals surface area contributed by atoms with Crippen LogP contribution in [0.15, 0.2) is 39.3 Å². The largest absolute Gasteiger partial charge is 0.359 e. The smallest absolute Gasteiger partial charge is 0.223 e. The summed E-state index contributed by atoms with van der Waals surface area (Å²) in [5, 5.41) is 7.00. The number of rotatable bonds is 4. The summed E-state index contributed by atoms with van der Waals surface area (Å²) in [6.45, 7) is 0.396. The van der Waals surface area contributed by atoms with E-state index in [4.69, 9.17) is 4.52 Å². The molecule has 1 aliphatic carbocycles. The van der Waals surface area contributed by atoms with E-state index in [1.807, 2.05) is 30.3 Å². The van der Waals surface area contributed by atoms with E-state index in [0.717, 1.165) is 41.4 Å². The number of carbonyl (C=O) groups is 1. The van der Waals surface area contributed by atoms with Crippen LogP contribution in [-0.2, 0) is 11.3 Å². The Hall–Kier alpha value is -1.62. The zero-order chi connectivity index (χ0) is 14.7. The van der Waals surface area contributed by atoms with Gasteiger partial charge in [-0.3, -0.25) is 4.79 Å². The maximum absolute atomic E-state index is 12.0. The molecule has 1 aromatic carbocycles. The second-order valence-corrected chi connectivity index (χ2v) is 6.21. The molecular formula is C16H17BrN2O2. The zero-order valence-electron chi connectivity index (χ0n) is 11.6. The SMILES string of the molecule is O=C(NCc1cc(-c2ccccc2Br)no1)C1CCCC1. The van der Waals surface area contributed by atoms with Gasteiger partial charge in [0.25, 0.3) is 0 Å². The van der Waals surface area contributed by atoms with Gasteiger partial charge in [0.05, 0.1) is 6.54 Å². The Balaban J connectivity index is 1.63. The Morgan fingerprint density at radius 2 is 2.10 bits per heavy atom. The van der Waals surface area contributed by atoms with Crippen LogP contribution in [0.25, 0.3) is 11.3 Å². The van der Waals surface area contributed by atoms with Gasteiger partial charge in [0.2, 0.25) is 5.91 Å². The molecule has 1 aliphatic rings. The van der Waals surface area contributed by atoms with Crippen LogP contribution in [0.3, 0.4) is 0 Å². The third-order valence-corrected chi connectivity index (χ3v) is 4.56. The molecule has 3 rings (SSSR count). The summed E-state index contributed by atoms with van der Waals surface area (Å²) < 4.78 is 6.27. The minimum atomic E-state index is 0.131. The highest BCUT2D eigenvalue weighted by atomic mass is 79.9. The topological polar surface area (TPSA) is 55.1 Å². The molecule has 0 saturated heterocycles. The van der Waals surface area contributed by atoms with Crippen LogP contribution in [0, 0.1) is 5.92 Å². The van der Waals surface area contributed by atoms with Crippen molar-refractivity contribution in [3.63, 3.8) is 0 Å². The molecule has 110 valence electrons. The molecule has 0 unspecified atom stereocenters. The summed E-state index contributed by atoms with van der Waals surface area (Å²) in [5.41, 5.74) is 1.75. The van der Waals surface area contributed by atoms with Gasteiger partial charge in [0, 0.05) is 22.0 Å². The fourth-order valence-electron chi connectivity index (χ4n) is 2.70. The van der Waals surface area contributed by atoms with Crippen molar-refractivity contribution >= 4 is 21.8 Å². The van der Waals surface area contributed by atoms with Crippen LogP contribution in [0.5, 0.6) is 0 Å². The quantitative estimate of drug-likeness (QED) is 0.911. The summed E-state index contributed by atoms with van der Waals surface area (Å²) in [6.07, 6.45) is 4.33. The first-order valence-electron chi connectivity index (χ1n) is 7.22. The van der Waals surface area contributed by atoms with Gasteiger partial charge in [-0.15, -0.1) is 0 Å². The summed E-state index contributed by atoms with van der Waals surface area (Å²) in [7, 11) is 0. The van der Waals surface area contributed by atoms with Gasteiger partial charge in [-0.05, 0) is 18.9 Å². The lowest BCUT2D eigenvalue weighted by Crippen LogP contribution is -2.28. The Kier molecular flexibility index (Phi) is 4.39. The summed E-state index contributed by atoms with van der Waals surface area (Å²) in [5.74, 6) is 0.981. The number of nitrogens with zero attached hydrogens (tertiary/aromatic N) is 1. The number of carbonyl (C=O) groups excluding carboxylic acids is 1. The van der Waals surface area contributed by atoms with Crippen LogP contribution in [0.1, 0.15) is 31.4 Å². The minimum absolute atomic E-state index is 0.131. The number of nitrogens with one attached hydrogen (secondary N) is 1. The van der Waals surface area contributed by atoms with Gasteiger partial charge < -0.3 is 9.84 Å². The fourth-order valence-corrected chi connectivity index (χ4v) is 3.19. The number of hydrogen-bond donors (Lipinski definition) is 1. The molecular weight excluding hydrogens is 332 g/mol. The van der Waals surface area contributed by atoms with E-state index in [1.54, 1.807) is 0 Å². The van der Waals surface area contributed by atoms with E-state index in [-0.39, 0.29) is 11.8 Å². The Morgan fingerprint density at radius 1 is 1.33 bits per heavy atom. The second kappa shape index (κ2) is 6.43. The van der Waals surface area contributed by atoms with Crippen molar-refractivity contribution in [1.29, 1.82) is 0 Å². The van der Waals surface area contributed by atoms with Crippen molar-refractivity contribution in [3.05, 3.63) is 40.6 Å². The monoisotopic (exact) mass is 348 g/mol. The van der Waals surface area contributed by atoms with Gasteiger partial charge in [0.1, 0.15) is 5.69 Å². The highest BCUT2D eigenvalue weighted by Gasteiger charge is 2.22. The molecule has 5 heteroatoms. The zero-order valence-corrected chi connectivity index (χ0v) is 13.2. The molecule has 21 heavy (non-hydrogen) atoms. The first-order valence-corrected chi connectivity index (χ1v) is 8.01. The molecule has 1 amide bonds. The molecule has 2 aromatic rings. The summed E-state index contributed by atoms with van der Waals surface area (Å²) in [4.78, 5) is 12.0. The van der Waals surface area contributed by atoms with Crippen LogP contribution < -0.4 is 5.32 Å². The average molecular weight is 349 g/mol. The summed E-state index contributed by atoms with van der Waals surface area (Å²) in [6, 6.07) is 9.72. The predicted molar refractivity (Wildman–Crippen MR) is 83.4 cm³/mol. The predicted octanol–water partition coefficient (Wildman–Crippen LogP) is 3.91. The van der Waals surface area contributed by atoms with Crippen LogP contribution in [0.2, 0.25) is 0 Å². The van der Waals surface area contributed by atoms with Gasteiger partial charge in [-0.25, -0.2) is 0 Å². The number of halogens is 1. The van der Waals surface area contributed by atoms with Crippen molar-refractivity contribution < 1.29 is 9.32 Å². The molecule has 4 nitrogen and oxygen atoms in total. The third kappa shape index (κ3) is 3.35. The van der Waals surface area contributed by atoms with Crippen LogP contribution in [-0.4, -0.2) is 11.1 Å². The van der Waals surface area contributed by atoms with Crippen molar-refractivity contribution in [2.24, 2.45) is 5.92 Å². The number of amides is 1. The molecule has 0 aliphatic heterocycles. The molecule has 0 atom stereocenters. The number of benzene rings is 1. The Bertz CT molecular complexity index is 633. The fraction of sp³-hybridized carbons (Fsp3) is 0.375. The summed E-state index contributed by atoms with van der Waals surface area (Å²) >= 11 is 3.50. The molecule has 1 heterocycles. The molecule has 0 spiro atoms. The average Bonchev–Trinajstić information content (AvgIpc) is 3.17. The van der Waals surface area contributed by atoms with Gasteiger partial charge >= 0.3 is 0 Å². The maximum atomic E-state index is 12.0. The third-order valence-electron chi connectivity index (χ3n) is 3.87. The standard InChI is InChI=1S/C16H17BrN2O2/c17-14-8-4-3-7-13(14)15-9-12(21-19-15)10-18-16(20)11-5-1-2-6-11/h3-4,7-9,11H,1-2,5-6,10H2,(H,18,20). The van der Waals surface area contributed by atoms with Gasteiger partial charge in [0.15, 0.2) is 5.76 Å². The van der Waals surface area contributed by atoms with E-state index in [2.05, 4.69) is 26.4 Å². The van der Waals surface area contributed by atoms with E-state index in [9.17, 15) is 4.79 Å². The first kappa shape index (κ1) is 14.3. The van der Waals surface area contributed by atoms with Crippen LogP contribution >= 0.6 is 15.9 Å². The van der Waals surface area contributed by atoms with Gasteiger partial charge in [-0.2, -0.15) is 0 Å². The molecule has 0 radical (unpaired) electrons. The van der Waals surface area contributed by atoms with E-state index < -0.39 is 0 Å². The van der Waals surface area contributed by atoms with E-state index in [0.29, 0.717) is 12.3 Å². The lowest BCUT2D eigenvalue weighted by molar-refractivity contribution is -0.125. The van der Waals surface area contributed by atoms with E-state index >= 15 is 0 Å². The lowest BCUT2D eigenvalue weighted by atomic mass is 10.1. The highest BCUT2D eigenvalue weighted by Crippen LogP contribution is 2.28. The minimum Gasteiger partial charge on any atom is -0.359 e. The number of hydrogen-bond acceptors (Lipinski definition) is 3. The van der Waals surface area contributed by atoms with Crippen molar-refractivity contribution in [3.8, 4) is 11.3 Å². The first-order chi connectivity index (χ1) is 10.2. The lowest BCUT2D eigenvalue weighted by Gasteiger charge is -2.08. The normalized spacial score (nSPS) is 15.3. The molecule has 1 fully saturated rings. The number of aromatic nitrogens is 1. The van der Waals surface area contributed by atoms with Crippen molar-refractivity contribution in [2.75, 3.05) is 0 Å². The maximum Gasteiger partial charge on any atom is 0.223 e. The Labute approximate surface area is 132 Å². The van der Waals surface area contributed by atoms with Crippen LogP contribution in [0.4, 0.5) is 0 Å². The van der Waals surface area contributed by atoms with Gasteiger partial charge in [-0.1, -0.05) is 52.1 Å². The van der Waals surface area contributed by atoms with Crippen molar-refractivity contribution in [1.82, 2.24) is 10.5 Å². The highest BCUT2D eigenvalue weighted by molar-refractivity contribution is 9.10.